The first kappa shape index (κ1) is 29.9. The molecule has 0 aliphatic rings. The monoisotopic (exact) mass is 590 g/mol. The lowest BCUT2D eigenvalue weighted by molar-refractivity contribution is -0.138. The predicted molar refractivity (Wildman–Crippen MR) is 152 cm³/mol. The van der Waals surface area contributed by atoms with Gasteiger partial charge in [-0.1, -0.05) is 18.1 Å². The standard InChI is InChI=1S/C30H26N2O9S/c1-2-3-14-41-23-9-11-24(12-10-23)42(39,40)31-26(30(37)38)16-22-18-32(17-19-4-6-20(7-5-19)28(33)34)27-13-8-21(29(35)36)15-25(22)27/h4-13,15,18,26,31H,14,16-17H2,1H3,(H,33,34)(H,35,36)(H,37,38). The SMILES string of the molecule is CC#CCOc1ccc(S(=O)(=O)NC(Cc2cn(Cc3ccc(C(=O)O)cc3)c3ccc(C(=O)O)cc23)C(=O)O)cc1. The Hall–Kier alpha value is -5.12. The van der Waals surface area contributed by atoms with Gasteiger partial charge in [-0.05, 0) is 72.6 Å². The van der Waals surface area contributed by atoms with Gasteiger partial charge in [0.1, 0.15) is 18.4 Å². The smallest absolute Gasteiger partial charge is 0.335 e. The van der Waals surface area contributed by atoms with E-state index in [1.165, 1.54) is 48.5 Å². The van der Waals surface area contributed by atoms with Gasteiger partial charge in [0.2, 0.25) is 10.0 Å². The molecule has 1 unspecified atom stereocenters. The molecular formula is C30H26N2O9S. The average Bonchev–Trinajstić information content (AvgIpc) is 3.29. The Bertz CT molecular complexity index is 1810. The van der Waals surface area contributed by atoms with Crippen LogP contribution in [0.25, 0.3) is 10.9 Å². The number of carbonyl (C=O) groups is 3. The second-order valence-electron chi connectivity index (χ2n) is 9.22. The van der Waals surface area contributed by atoms with E-state index in [1.807, 2.05) is 0 Å². The number of carboxylic acids is 3. The highest BCUT2D eigenvalue weighted by Gasteiger charge is 2.27. The summed E-state index contributed by atoms with van der Waals surface area (Å²) in [6, 6.07) is 14.5. The zero-order valence-electron chi connectivity index (χ0n) is 22.3. The second kappa shape index (κ2) is 12.6. The molecule has 4 N–H and O–H groups in total. The maximum atomic E-state index is 13.1. The molecule has 4 aromatic rings. The first-order valence-corrected chi connectivity index (χ1v) is 14.0. The van der Waals surface area contributed by atoms with Gasteiger partial charge in [-0.15, -0.1) is 5.92 Å². The number of ether oxygens (including phenoxy) is 1. The molecule has 12 heteroatoms. The number of aromatic nitrogens is 1. The van der Waals surface area contributed by atoms with Crippen molar-refractivity contribution in [3.8, 4) is 17.6 Å². The number of rotatable bonds is 12. The van der Waals surface area contributed by atoms with Crippen molar-refractivity contribution in [2.45, 2.75) is 30.8 Å². The van der Waals surface area contributed by atoms with Gasteiger partial charge in [-0.25, -0.2) is 18.0 Å². The molecule has 0 fully saturated rings. The average molecular weight is 591 g/mol. The van der Waals surface area contributed by atoms with Crippen LogP contribution in [0.15, 0.2) is 77.8 Å². The summed E-state index contributed by atoms with van der Waals surface area (Å²) in [4.78, 5) is 34.9. The molecule has 1 atom stereocenters. The third-order valence-electron chi connectivity index (χ3n) is 6.41. The lowest BCUT2D eigenvalue weighted by Gasteiger charge is -2.15. The molecule has 0 saturated carbocycles. The topological polar surface area (TPSA) is 172 Å². The lowest BCUT2D eigenvalue weighted by atomic mass is 10.0. The Morgan fingerprint density at radius 3 is 2.17 bits per heavy atom. The molecule has 1 aromatic heterocycles. The van der Waals surface area contributed by atoms with Gasteiger partial charge in [-0.2, -0.15) is 4.72 Å². The maximum absolute atomic E-state index is 13.1. The molecule has 0 spiro atoms. The fraction of sp³-hybridized carbons (Fsp3) is 0.167. The zero-order chi connectivity index (χ0) is 30.4. The predicted octanol–water partition coefficient (Wildman–Crippen LogP) is 3.46. The van der Waals surface area contributed by atoms with Crippen molar-refractivity contribution in [3.05, 3.63) is 95.2 Å². The number of carboxylic acid groups (broad SMARTS) is 3. The number of aliphatic carboxylic acids is 1. The van der Waals surface area contributed by atoms with Crippen LogP contribution in [0.5, 0.6) is 5.75 Å². The molecule has 0 bridgehead atoms. The second-order valence-corrected chi connectivity index (χ2v) is 10.9. The van der Waals surface area contributed by atoms with Crippen LogP contribution in [0.4, 0.5) is 0 Å². The summed E-state index contributed by atoms with van der Waals surface area (Å²) in [5.74, 6) is 2.13. The van der Waals surface area contributed by atoms with E-state index in [-0.39, 0.29) is 35.6 Å². The highest BCUT2D eigenvalue weighted by atomic mass is 32.2. The molecule has 3 aromatic carbocycles. The molecule has 0 aliphatic heterocycles. The molecule has 0 radical (unpaired) electrons. The van der Waals surface area contributed by atoms with Crippen molar-refractivity contribution < 1.29 is 42.9 Å². The first-order chi connectivity index (χ1) is 20.0. The lowest BCUT2D eigenvalue weighted by Crippen LogP contribution is -2.42. The minimum absolute atomic E-state index is 0.0213. The number of sulfonamides is 1. The van der Waals surface area contributed by atoms with E-state index in [0.29, 0.717) is 22.2 Å². The zero-order valence-corrected chi connectivity index (χ0v) is 23.1. The van der Waals surface area contributed by atoms with Crippen LogP contribution in [0.2, 0.25) is 0 Å². The summed E-state index contributed by atoms with van der Waals surface area (Å²) in [6.45, 7) is 2.06. The Kier molecular flexibility index (Phi) is 8.95. The Balaban J connectivity index is 1.64. The van der Waals surface area contributed by atoms with Crippen LogP contribution in [0.3, 0.4) is 0 Å². The number of aromatic carboxylic acids is 2. The largest absolute Gasteiger partial charge is 0.481 e. The summed E-state index contributed by atoms with van der Waals surface area (Å²) >= 11 is 0. The quantitative estimate of drug-likeness (QED) is 0.180. The molecule has 4 rings (SSSR count). The number of hydrogen-bond donors (Lipinski definition) is 4. The van der Waals surface area contributed by atoms with E-state index < -0.39 is 34.0 Å². The third kappa shape index (κ3) is 6.95. The van der Waals surface area contributed by atoms with E-state index in [9.17, 15) is 33.0 Å². The van der Waals surface area contributed by atoms with Crippen LogP contribution in [0, 0.1) is 11.8 Å². The summed E-state index contributed by atoms with van der Waals surface area (Å²) in [6.07, 6.45) is 1.35. The Morgan fingerprint density at radius 1 is 0.929 bits per heavy atom. The molecule has 42 heavy (non-hydrogen) atoms. The van der Waals surface area contributed by atoms with Crippen LogP contribution in [0.1, 0.15) is 38.8 Å². The molecule has 0 saturated heterocycles. The molecule has 1 heterocycles. The van der Waals surface area contributed by atoms with E-state index in [0.717, 1.165) is 5.56 Å². The molecule has 216 valence electrons. The van der Waals surface area contributed by atoms with Crippen molar-refractivity contribution in [2.75, 3.05) is 6.61 Å². The summed E-state index contributed by atoms with van der Waals surface area (Å²) in [5.41, 5.74) is 1.84. The van der Waals surface area contributed by atoms with Crippen LogP contribution in [-0.4, -0.2) is 58.9 Å². The Labute approximate surface area is 241 Å². The van der Waals surface area contributed by atoms with Crippen LogP contribution >= 0.6 is 0 Å². The van der Waals surface area contributed by atoms with Gasteiger partial charge >= 0.3 is 17.9 Å². The first-order valence-electron chi connectivity index (χ1n) is 12.5. The number of hydrogen-bond acceptors (Lipinski definition) is 6. The van der Waals surface area contributed by atoms with E-state index in [2.05, 4.69) is 16.6 Å². The molecular weight excluding hydrogens is 564 g/mol. The highest BCUT2D eigenvalue weighted by molar-refractivity contribution is 7.89. The Morgan fingerprint density at radius 2 is 1.57 bits per heavy atom. The van der Waals surface area contributed by atoms with Crippen molar-refractivity contribution in [3.63, 3.8) is 0 Å². The fourth-order valence-electron chi connectivity index (χ4n) is 4.31. The van der Waals surface area contributed by atoms with E-state index >= 15 is 0 Å². The fourth-order valence-corrected chi connectivity index (χ4v) is 5.50. The highest BCUT2D eigenvalue weighted by Crippen LogP contribution is 2.26. The van der Waals surface area contributed by atoms with Crippen LogP contribution in [-0.2, 0) is 27.8 Å². The number of fused-ring (bicyclic) bond motifs is 1. The van der Waals surface area contributed by atoms with Crippen molar-refractivity contribution in [2.24, 2.45) is 0 Å². The minimum Gasteiger partial charge on any atom is -0.481 e. The molecule has 0 amide bonds. The van der Waals surface area contributed by atoms with E-state index in [4.69, 9.17) is 9.84 Å². The minimum atomic E-state index is -4.26. The number of nitrogens with zero attached hydrogens (tertiary/aromatic N) is 1. The van der Waals surface area contributed by atoms with Crippen molar-refractivity contribution in [1.29, 1.82) is 0 Å². The summed E-state index contributed by atoms with van der Waals surface area (Å²) in [7, 11) is -4.26. The summed E-state index contributed by atoms with van der Waals surface area (Å²) in [5, 5.41) is 29.0. The van der Waals surface area contributed by atoms with Gasteiger partial charge in [0.25, 0.3) is 0 Å². The van der Waals surface area contributed by atoms with Crippen molar-refractivity contribution in [1.82, 2.24) is 9.29 Å². The number of benzene rings is 3. The van der Waals surface area contributed by atoms with Crippen molar-refractivity contribution >= 4 is 38.8 Å². The summed E-state index contributed by atoms with van der Waals surface area (Å²) < 4.78 is 35.5. The normalized spacial score (nSPS) is 11.8. The van der Waals surface area contributed by atoms with E-state index in [1.54, 1.807) is 35.9 Å². The maximum Gasteiger partial charge on any atom is 0.335 e. The molecule has 11 nitrogen and oxygen atoms in total. The van der Waals surface area contributed by atoms with Gasteiger partial charge in [0.05, 0.1) is 16.0 Å². The van der Waals surface area contributed by atoms with Gasteiger partial charge in [-0.3, -0.25) is 4.79 Å². The van der Waals surface area contributed by atoms with Gasteiger partial charge in [0.15, 0.2) is 0 Å². The van der Waals surface area contributed by atoms with Gasteiger partial charge in [0, 0.05) is 30.1 Å². The number of nitrogens with one attached hydrogen (secondary N) is 1. The molecule has 0 aliphatic carbocycles. The van der Waals surface area contributed by atoms with Gasteiger partial charge < -0.3 is 24.6 Å². The van der Waals surface area contributed by atoms with Crippen LogP contribution < -0.4 is 9.46 Å². The third-order valence-corrected chi connectivity index (χ3v) is 7.89.